The maximum Gasteiger partial charge on any atom is 0.101 e. The molecule has 1 saturated carbocycles. The van der Waals surface area contributed by atoms with Crippen molar-refractivity contribution in [3.8, 4) is 6.07 Å². The highest BCUT2D eigenvalue weighted by atomic mass is 35.5. The molecule has 0 bridgehead atoms. The normalized spacial score (nSPS) is 23.4. The molecule has 2 N–H and O–H groups in total. The number of anilines is 1. The molecular weight excluding hydrogens is 248 g/mol. The Morgan fingerprint density at radius 3 is 2.78 bits per heavy atom. The van der Waals surface area contributed by atoms with Crippen molar-refractivity contribution in [1.29, 1.82) is 5.26 Å². The number of benzene rings is 1. The predicted molar refractivity (Wildman–Crippen MR) is 72.8 cm³/mol. The highest BCUT2D eigenvalue weighted by molar-refractivity contribution is 6.32. The number of nitriles is 1. The summed E-state index contributed by atoms with van der Waals surface area (Å²) in [5.41, 5.74) is 2.27. The lowest BCUT2D eigenvalue weighted by molar-refractivity contribution is 0.116. The van der Waals surface area contributed by atoms with Gasteiger partial charge in [-0.1, -0.05) is 24.4 Å². The molecule has 0 amide bonds. The molecular formula is C14H17ClN2O. The summed E-state index contributed by atoms with van der Waals surface area (Å²) in [5, 5.41) is 22.7. The van der Waals surface area contributed by atoms with Gasteiger partial charge in [0.2, 0.25) is 0 Å². The fraction of sp³-hybridized carbons (Fsp3) is 0.500. The standard InChI is InChI=1S/C14H17ClN2O/c1-9-11(7-6-10(8-16)14(9)15)17-12-4-2-3-5-13(12)18/h6-7,12-13,17-18H,2-5H2,1H3. The van der Waals surface area contributed by atoms with Gasteiger partial charge in [0.05, 0.1) is 22.7 Å². The third-order valence-corrected chi connectivity index (χ3v) is 4.06. The van der Waals surface area contributed by atoms with Crippen LogP contribution < -0.4 is 5.32 Å². The second-order valence-corrected chi connectivity index (χ2v) is 5.19. The number of aliphatic hydroxyl groups excluding tert-OH is 1. The predicted octanol–water partition coefficient (Wildman–Crippen LogP) is 3.24. The van der Waals surface area contributed by atoms with Gasteiger partial charge in [0.1, 0.15) is 6.07 Å². The minimum Gasteiger partial charge on any atom is -0.391 e. The van der Waals surface area contributed by atoms with E-state index in [0.29, 0.717) is 10.6 Å². The number of hydrogen-bond donors (Lipinski definition) is 2. The Labute approximate surface area is 112 Å². The van der Waals surface area contributed by atoms with Gasteiger partial charge >= 0.3 is 0 Å². The van der Waals surface area contributed by atoms with E-state index in [4.69, 9.17) is 16.9 Å². The Balaban J connectivity index is 2.19. The van der Waals surface area contributed by atoms with Crippen LogP contribution in [0.4, 0.5) is 5.69 Å². The van der Waals surface area contributed by atoms with Gasteiger partial charge in [-0.25, -0.2) is 0 Å². The van der Waals surface area contributed by atoms with Crippen LogP contribution in [-0.4, -0.2) is 17.3 Å². The van der Waals surface area contributed by atoms with Gasteiger partial charge in [-0.15, -0.1) is 0 Å². The average Bonchev–Trinajstić information content (AvgIpc) is 2.38. The van der Waals surface area contributed by atoms with Crippen LogP contribution in [0.5, 0.6) is 0 Å². The maximum absolute atomic E-state index is 9.94. The summed E-state index contributed by atoms with van der Waals surface area (Å²) in [4.78, 5) is 0. The van der Waals surface area contributed by atoms with Crippen LogP contribution in [0.25, 0.3) is 0 Å². The van der Waals surface area contributed by atoms with E-state index >= 15 is 0 Å². The Morgan fingerprint density at radius 2 is 2.11 bits per heavy atom. The van der Waals surface area contributed by atoms with E-state index in [9.17, 15) is 5.11 Å². The lowest BCUT2D eigenvalue weighted by Gasteiger charge is -2.30. The Morgan fingerprint density at radius 1 is 1.39 bits per heavy atom. The van der Waals surface area contributed by atoms with E-state index in [1.807, 2.05) is 13.0 Å². The molecule has 18 heavy (non-hydrogen) atoms. The van der Waals surface area contributed by atoms with Crippen LogP contribution in [0.15, 0.2) is 12.1 Å². The Kier molecular flexibility index (Phi) is 4.11. The zero-order valence-corrected chi connectivity index (χ0v) is 11.2. The van der Waals surface area contributed by atoms with Crippen molar-refractivity contribution in [3.63, 3.8) is 0 Å². The second-order valence-electron chi connectivity index (χ2n) is 4.81. The van der Waals surface area contributed by atoms with Gasteiger partial charge in [-0.05, 0) is 37.5 Å². The van der Waals surface area contributed by atoms with E-state index in [1.54, 1.807) is 6.07 Å². The first kappa shape index (κ1) is 13.2. The zero-order chi connectivity index (χ0) is 13.1. The molecule has 3 nitrogen and oxygen atoms in total. The molecule has 2 unspecified atom stereocenters. The van der Waals surface area contributed by atoms with Crippen molar-refractivity contribution in [2.24, 2.45) is 0 Å². The first-order chi connectivity index (χ1) is 8.63. The second kappa shape index (κ2) is 5.60. The summed E-state index contributed by atoms with van der Waals surface area (Å²) >= 11 is 6.13. The highest BCUT2D eigenvalue weighted by Gasteiger charge is 2.23. The monoisotopic (exact) mass is 264 g/mol. The fourth-order valence-electron chi connectivity index (χ4n) is 2.41. The van der Waals surface area contributed by atoms with Crippen LogP contribution in [0, 0.1) is 18.3 Å². The average molecular weight is 265 g/mol. The van der Waals surface area contributed by atoms with E-state index in [0.717, 1.165) is 36.9 Å². The number of nitrogens with one attached hydrogen (secondary N) is 1. The zero-order valence-electron chi connectivity index (χ0n) is 10.4. The van der Waals surface area contributed by atoms with Crippen molar-refractivity contribution in [1.82, 2.24) is 0 Å². The highest BCUT2D eigenvalue weighted by Crippen LogP contribution is 2.29. The maximum atomic E-state index is 9.94. The van der Waals surface area contributed by atoms with Gasteiger partial charge in [0.25, 0.3) is 0 Å². The summed E-state index contributed by atoms with van der Waals surface area (Å²) < 4.78 is 0. The van der Waals surface area contributed by atoms with Gasteiger partial charge in [0.15, 0.2) is 0 Å². The molecule has 96 valence electrons. The van der Waals surface area contributed by atoms with Crippen LogP contribution in [0.1, 0.15) is 36.8 Å². The molecule has 1 aliphatic carbocycles. The lowest BCUT2D eigenvalue weighted by Crippen LogP contribution is -2.36. The van der Waals surface area contributed by atoms with E-state index in [1.165, 1.54) is 0 Å². The van der Waals surface area contributed by atoms with Gasteiger partial charge in [-0.3, -0.25) is 0 Å². The van der Waals surface area contributed by atoms with E-state index < -0.39 is 0 Å². The lowest BCUT2D eigenvalue weighted by atomic mass is 9.92. The van der Waals surface area contributed by atoms with Crippen LogP contribution >= 0.6 is 11.6 Å². The number of nitrogens with zero attached hydrogens (tertiary/aromatic N) is 1. The molecule has 1 fully saturated rings. The van der Waals surface area contributed by atoms with Gasteiger partial charge in [0, 0.05) is 5.69 Å². The summed E-state index contributed by atoms with van der Waals surface area (Å²) in [7, 11) is 0. The fourth-order valence-corrected chi connectivity index (χ4v) is 2.61. The van der Waals surface area contributed by atoms with Crippen LogP contribution in [0.2, 0.25) is 5.02 Å². The molecule has 4 heteroatoms. The number of rotatable bonds is 2. The molecule has 0 aliphatic heterocycles. The number of hydrogen-bond acceptors (Lipinski definition) is 3. The summed E-state index contributed by atoms with van der Waals surface area (Å²) in [6.45, 7) is 1.89. The quantitative estimate of drug-likeness (QED) is 0.862. The van der Waals surface area contributed by atoms with Gasteiger partial charge in [-0.2, -0.15) is 5.26 Å². The topological polar surface area (TPSA) is 56.0 Å². The first-order valence-corrected chi connectivity index (χ1v) is 6.65. The molecule has 0 heterocycles. The molecule has 1 aromatic carbocycles. The molecule has 0 aromatic heterocycles. The van der Waals surface area contributed by atoms with Crippen molar-refractivity contribution in [3.05, 3.63) is 28.3 Å². The van der Waals surface area contributed by atoms with Crippen molar-refractivity contribution in [2.45, 2.75) is 44.8 Å². The Bertz CT molecular complexity index is 481. The summed E-state index contributed by atoms with van der Waals surface area (Å²) in [6, 6.07) is 5.73. The van der Waals surface area contributed by atoms with Crippen molar-refractivity contribution >= 4 is 17.3 Å². The van der Waals surface area contributed by atoms with Crippen molar-refractivity contribution < 1.29 is 5.11 Å². The first-order valence-electron chi connectivity index (χ1n) is 6.27. The third kappa shape index (κ3) is 2.60. The number of aliphatic hydroxyl groups is 1. The molecule has 2 atom stereocenters. The van der Waals surface area contributed by atoms with E-state index in [2.05, 4.69) is 11.4 Å². The number of halogens is 1. The molecule has 0 saturated heterocycles. The molecule has 0 radical (unpaired) electrons. The largest absolute Gasteiger partial charge is 0.391 e. The minimum absolute atomic E-state index is 0.0847. The summed E-state index contributed by atoms with van der Waals surface area (Å²) in [6.07, 6.45) is 3.75. The molecule has 1 aliphatic rings. The van der Waals surface area contributed by atoms with Gasteiger partial charge < -0.3 is 10.4 Å². The third-order valence-electron chi connectivity index (χ3n) is 3.58. The van der Waals surface area contributed by atoms with Crippen LogP contribution in [0.3, 0.4) is 0 Å². The molecule has 0 spiro atoms. The molecule has 2 rings (SSSR count). The molecule has 1 aromatic rings. The van der Waals surface area contributed by atoms with Crippen LogP contribution in [-0.2, 0) is 0 Å². The van der Waals surface area contributed by atoms with E-state index in [-0.39, 0.29) is 12.1 Å². The Hall–Kier alpha value is -1.24. The summed E-state index contributed by atoms with van der Waals surface area (Å²) in [5.74, 6) is 0. The smallest absolute Gasteiger partial charge is 0.101 e. The minimum atomic E-state index is -0.299. The van der Waals surface area contributed by atoms with Crippen molar-refractivity contribution in [2.75, 3.05) is 5.32 Å². The SMILES string of the molecule is Cc1c(NC2CCCCC2O)ccc(C#N)c1Cl.